The summed E-state index contributed by atoms with van der Waals surface area (Å²) >= 11 is 1.71. The van der Waals surface area contributed by atoms with Crippen LogP contribution in [-0.2, 0) is 19.6 Å². The highest BCUT2D eigenvalue weighted by Crippen LogP contribution is 2.34. The third-order valence-corrected chi connectivity index (χ3v) is 8.51. The maximum absolute atomic E-state index is 13.1. The van der Waals surface area contributed by atoms with Gasteiger partial charge in [-0.25, -0.2) is 8.42 Å². The lowest BCUT2D eigenvalue weighted by Crippen LogP contribution is -2.40. The molecule has 31 heavy (non-hydrogen) atoms. The first kappa shape index (κ1) is 22.2. The maximum Gasteiger partial charge on any atom is 0.246 e. The molecule has 0 radical (unpaired) electrons. The highest BCUT2D eigenvalue weighted by molar-refractivity contribution is 7.89. The predicted octanol–water partition coefficient (Wildman–Crippen LogP) is 2.55. The summed E-state index contributed by atoms with van der Waals surface area (Å²) in [5.41, 5.74) is 0.435. The predicted molar refractivity (Wildman–Crippen MR) is 119 cm³/mol. The van der Waals surface area contributed by atoms with Crippen LogP contribution in [0.4, 0.5) is 5.69 Å². The molecular weight excluding hydrogens is 438 g/mol. The van der Waals surface area contributed by atoms with Crippen molar-refractivity contribution in [1.29, 1.82) is 0 Å². The number of rotatable bonds is 7. The molecule has 1 aromatic carbocycles. The van der Waals surface area contributed by atoms with E-state index in [1.807, 2.05) is 6.07 Å². The number of ether oxygens (including phenoxy) is 2. The maximum atomic E-state index is 13.1. The molecule has 0 bridgehead atoms. The summed E-state index contributed by atoms with van der Waals surface area (Å²) in [7, 11) is -2.32. The Morgan fingerprint density at radius 3 is 2.77 bits per heavy atom. The molecule has 8 nitrogen and oxygen atoms in total. The van der Waals surface area contributed by atoms with Crippen LogP contribution in [0, 0.1) is 0 Å². The van der Waals surface area contributed by atoms with Crippen LogP contribution in [-0.4, -0.2) is 70.0 Å². The number of carbonyl (C=O) groups is 1. The Labute approximate surface area is 186 Å². The van der Waals surface area contributed by atoms with Crippen molar-refractivity contribution in [3.63, 3.8) is 0 Å². The number of benzene rings is 1. The lowest BCUT2D eigenvalue weighted by molar-refractivity contribution is -0.117. The van der Waals surface area contributed by atoms with Crippen molar-refractivity contribution in [2.75, 3.05) is 51.8 Å². The minimum atomic E-state index is -3.76. The molecule has 1 aromatic heterocycles. The van der Waals surface area contributed by atoms with Gasteiger partial charge in [0.1, 0.15) is 10.6 Å². The van der Waals surface area contributed by atoms with E-state index in [2.05, 4.69) is 21.7 Å². The number of carbonyl (C=O) groups excluding carboxylic acids is 1. The summed E-state index contributed by atoms with van der Waals surface area (Å²) in [6, 6.07) is 9.12. The van der Waals surface area contributed by atoms with E-state index >= 15 is 0 Å². The lowest BCUT2D eigenvalue weighted by atomic mass is 10.2. The van der Waals surface area contributed by atoms with Crippen molar-refractivity contribution in [3.8, 4) is 5.75 Å². The molecule has 3 heterocycles. The zero-order valence-electron chi connectivity index (χ0n) is 17.5. The van der Waals surface area contributed by atoms with Crippen LogP contribution in [0.1, 0.15) is 23.8 Å². The number of likely N-dealkylation sites (tertiary alicyclic amines) is 1. The summed E-state index contributed by atoms with van der Waals surface area (Å²) in [6.45, 7) is 2.44. The molecule has 0 saturated carbocycles. The van der Waals surface area contributed by atoms with Crippen LogP contribution in [0.5, 0.6) is 5.75 Å². The molecule has 0 aliphatic carbocycles. The fourth-order valence-electron chi connectivity index (χ4n) is 4.09. The smallest absolute Gasteiger partial charge is 0.246 e. The molecule has 2 aliphatic heterocycles. The number of anilines is 1. The molecule has 168 valence electrons. The van der Waals surface area contributed by atoms with Gasteiger partial charge in [0.2, 0.25) is 15.9 Å². The van der Waals surface area contributed by atoms with Crippen molar-refractivity contribution < 1.29 is 22.7 Å². The second kappa shape index (κ2) is 9.66. The van der Waals surface area contributed by atoms with Gasteiger partial charge in [0, 0.05) is 29.7 Å². The second-order valence-corrected chi connectivity index (χ2v) is 10.5. The van der Waals surface area contributed by atoms with Gasteiger partial charge < -0.3 is 14.8 Å². The summed E-state index contributed by atoms with van der Waals surface area (Å²) in [4.78, 5) is 16.2. The number of thiophene rings is 1. The Morgan fingerprint density at radius 2 is 2.06 bits per heavy atom. The van der Waals surface area contributed by atoms with Crippen LogP contribution in [0.15, 0.2) is 40.6 Å². The van der Waals surface area contributed by atoms with E-state index in [0.29, 0.717) is 32.0 Å². The molecule has 1 unspecified atom stereocenters. The number of sulfonamides is 1. The molecule has 1 atom stereocenters. The van der Waals surface area contributed by atoms with E-state index in [-0.39, 0.29) is 29.1 Å². The standard InChI is InChI=1S/C21H27N3O5S2/c1-28-18-7-6-16(14-20(18)31(26,27)24-9-11-29-12-10-24)22-21(25)15-23-8-2-4-17(23)19-5-3-13-30-19/h3,5-7,13-14,17H,2,4,8-12,15H2,1H3,(H,22,25). The van der Waals surface area contributed by atoms with Gasteiger partial charge in [-0.05, 0) is 49.0 Å². The van der Waals surface area contributed by atoms with Gasteiger partial charge in [-0.15, -0.1) is 11.3 Å². The fourth-order valence-corrected chi connectivity index (χ4v) is 6.57. The van der Waals surface area contributed by atoms with E-state index in [9.17, 15) is 13.2 Å². The molecule has 1 amide bonds. The largest absolute Gasteiger partial charge is 0.495 e. The Balaban J connectivity index is 1.48. The normalized spacial score (nSPS) is 20.6. The zero-order chi connectivity index (χ0) is 21.8. The Kier molecular flexibility index (Phi) is 6.92. The lowest BCUT2D eigenvalue weighted by Gasteiger charge is -2.27. The highest BCUT2D eigenvalue weighted by atomic mass is 32.2. The molecule has 2 aliphatic rings. The first-order valence-corrected chi connectivity index (χ1v) is 12.6. The highest BCUT2D eigenvalue weighted by Gasteiger charge is 2.31. The Morgan fingerprint density at radius 1 is 1.26 bits per heavy atom. The van der Waals surface area contributed by atoms with Gasteiger partial charge in [-0.1, -0.05) is 6.07 Å². The van der Waals surface area contributed by atoms with Gasteiger partial charge in [0.05, 0.1) is 26.9 Å². The van der Waals surface area contributed by atoms with Gasteiger partial charge >= 0.3 is 0 Å². The first-order chi connectivity index (χ1) is 15.0. The fraction of sp³-hybridized carbons (Fsp3) is 0.476. The van der Waals surface area contributed by atoms with Gasteiger partial charge in [-0.3, -0.25) is 9.69 Å². The number of methoxy groups -OCH3 is 1. The van der Waals surface area contributed by atoms with Crippen molar-refractivity contribution in [2.45, 2.75) is 23.8 Å². The molecule has 2 aromatic rings. The number of nitrogens with zero attached hydrogens (tertiary/aromatic N) is 2. The molecule has 1 N–H and O–H groups in total. The number of morpholine rings is 1. The average molecular weight is 466 g/mol. The van der Waals surface area contributed by atoms with E-state index < -0.39 is 10.0 Å². The topological polar surface area (TPSA) is 88.2 Å². The number of hydrogen-bond acceptors (Lipinski definition) is 7. The third-order valence-electron chi connectivity index (χ3n) is 5.62. The van der Waals surface area contributed by atoms with Gasteiger partial charge in [-0.2, -0.15) is 4.31 Å². The molecule has 2 fully saturated rings. The summed E-state index contributed by atoms with van der Waals surface area (Å²) in [5.74, 6) is 0.0881. The number of hydrogen-bond donors (Lipinski definition) is 1. The van der Waals surface area contributed by atoms with Crippen LogP contribution in [0.3, 0.4) is 0 Å². The van der Waals surface area contributed by atoms with Gasteiger partial charge in [0.25, 0.3) is 0 Å². The van der Waals surface area contributed by atoms with Crippen LogP contribution >= 0.6 is 11.3 Å². The third kappa shape index (κ3) is 4.93. The zero-order valence-corrected chi connectivity index (χ0v) is 19.1. The van der Waals surface area contributed by atoms with E-state index in [0.717, 1.165) is 19.4 Å². The number of amides is 1. The Bertz CT molecular complexity index is 1000. The average Bonchev–Trinajstić information content (AvgIpc) is 3.46. The molecule has 4 rings (SSSR count). The van der Waals surface area contributed by atoms with Crippen molar-refractivity contribution in [1.82, 2.24) is 9.21 Å². The minimum Gasteiger partial charge on any atom is -0.495 e. The van der Waals surface area contributed by atoms with Gasteiger partial charge in [0.15, 0.2) is 0 Å². The monoisotopic (exact) mass is 465 g/mol. The quantitative estimate of drug-likeness (QED) is 0.676. The van der Waals surface area contributed by atoms with E-state index in [1.54, 1.807) is 23.5 Å². The van der Waals surface area contributed by atoms with Crippen molar-refractivity contribution >= 4 is 33.0 Å². The van der Waals surface area contributed by atoms with E-state index in [1.165, 1.54) is 22.4 Å². The van der Waals surface area contributed by atoms with Crippen molar-refractivity contribution in [3.05, 3.63) is 40.6 Å². The minimum absolute atomic E-state index is 0.0485. The summed E-state index contributed by atoms with van der Waals surface area (Å²) < 4.78 is 38.2. The second-order valence-electron chi connectivity index (χ2n) is 7.57. The van der Waals surface area contributed by atoms with Crippen LogP contribution < -0.4 is 10.1 Å². The van der Waals surface area contributed by atoms with Crippen LogP contribution in [0.2, 0.25) is 0 Å². The summed E-state index contributed by atoms with van der Waals surface area (Å²) in [5, 5.41) is 4.92. The first-order valence-electron chi connectivity index (χ1n) is 10.3. The van der Waals surface area contributed by atoms with Crippen molar-refractivity contribution in [2.24, 2.45) is 0 Å². The molecule has 0 spiro atoms. The molecule has 10 heteroatoms. The SMILES string of the molecule is COc1ccc(NC(=O)CN2CCCC2c2cccs2)cc1S(=O)(=O)N1CCOCC1. The Hall–Kier alpha value is -1.98. The summed E-state index contributed by atoms with van der Waals surface area (Å²) in [6.07, 6.45) is 2.10. The number of nitrogens with one attached hydrogen (secondary N) is 1. The molecular formula is C21H27N3O5S2. The van der Waals surface area contributed by atoms with Crippen LogP contribution in [0.25, 0.3) is 0 Å². The molecule has 2 saturated heterocycles. The van der Waals surface area contributed by atoms with E-state index in [4.69, 9.17) is 9.47 Å².